The lowest BCUT2D eigenvalue weighted by molar-refractivity contribution is 0.0957. The van der Waals surface area contributed by atoms with Crippen molar-refractivity contribution in [3.05, 3.63) is 66.6 Å². The SMILES string of the molecule is C[C@H]1CN(C(=O)c2ccco2)c2cc(-c3ccc(S(C)(=O)=O)cc3)ccc2N1C(=O)N1CCCC1. The van der Waals surface area contributed by atoms with E-state index in [1.807, 2.05) is 30.0 Å². The molecule has 3 heterocycles. The third kappa shape index (κ3) is 4.32. The zero-order valence-corrected chi connectivity index (χ0v) is 20.5. The van der Waals surface area contributed by atoms with Crippen LogP contribution in [0.2, 0.25) is 0 Å². The number of nitrogens with zero attached hydrogens (tertiary/aromatic N) is 3. The predicted octanol–water partition coefficient (Wildman–Crippen LogP) is 4.42. The second kappa shape index (κ2) is 8.88. The van der Waals surface area contributed by atoms with Gasteiger partial charge in [-0.05, 0) is 67.3 Å². The zero-order chi connectivity index (χ0) is 24.7. The Morgan fingerprint density at radius 3 is 2.26 bits per heavy atom. The highest BCUT2D eigenvalue weighted by molar-refractivity contribution is 7.90. The molecule has 0 unspecified atom stereocenters. The van der Waals surface area contributed by atoms with E-state index in [1.54, 1.807) is 46.2 Å². The molecule has 8 nitrogen and oxygen atoms in total. The zero-order valence-electron chi connectivity index (χ0n) is 19.7. The minimum absolute atomic E-state index is 0.0494. The number of likely N-dealkylation sites (tertiary alicyclic amines) is 1. The van der Waals surface area contributed by atoms with Gasteiger partial charge >= 0.3 is 6.03 Å². The predicted molar refractivity (Wildman–Crippen MR) is 134 cm³/mol. The van der Waals surface area contributed by atoms with E-state index in [0.29, 0.717) is 17.9 Å². The molecule has 2 aromatic carbocycles. The molecule has 0 bridgehead atoms. The molecule has 2 aliphatic rings. The fourth-order valence-electron chi connectivity index (χ4n) is 4.78. The van der Waals surface area contributed by atoms with E-state index < -0.39 is 9.84 Å². The van der Waals surface area contributed by atoms with Gasteiger partial charge in [0, 0.05) is 25.9 Å². The highest BCUT2D eigenvalue weighted by Gasteiger charge is 2.38. The molecule has 182 valence electrons. The Kier molecular flexibility index (Phi) is 5.88. The monoisotopic (exact) mass is 493 g/mol. The summed E-state index contributed by atoms with van der Waals surface area (Å²) < 4.78 is 29.1. The van der Waals surface area contributed by atoms with Crippen molar-refractivity contribution in [2.75, 3.05) is 35.7 Å². The first-order valence-electron chi connectivity index (χ1n) is 11.6. The second-order valence-electron chi connectivity index (χ2n) is 9.09. The van der Waals surface area contributed by atoms with Crippen molar-refractivity contribution in [2.45, 2.75) is 30.7 Å². The van der Waals surface area contributed by atoms with Gasteiger partial charge in [-0.2, -0.15) is 0 Å². The number of amides is 3. The van der Waals surface area contributed by atoms with Gasteiger partial charge in [0.2, 0.25) is 0 Å². The van der Waals surface area contributed by atoms with Crippen molar-refractivity contribution in [1.29, 1.82) is 0 Å². The molecule has 3 aromatic rings. The van der Waals surface area contributed by atoms with Crippen LogP contribution in [0.3, 0.4) is 0 Å². The first-order valence-corrected chi connectivity index (χ1v) is 13.5. The molecular formula is C26H27N3O5S. The van der Waals surface area contributed by atoms with E-state index in [-0.39, 0.29) is 28.6 Å². The van der Waals surface area contributed by atoms with Gasteiger partial charge in [-0.3, -0.25) is 9.69 Å². The van der Waals surface area contributed by atoms with Gasteiger partial charge in [-0.15, -0.1) is 0 Å². The van der Waals surface area contributed by atoms with Crippen LogP contribution in [0.25, 0.3) is 11.1 Å². The minimum Gasteiger partial charge on any atom is -0.459 e. The van der Waals surface area contributed by atoms with E-state index in [9.17, 15) is 18.0 Å². The third-order valence-corrected chi connectivity index (χ3v) is 7.72. The molecule has 0 aliphatic carbocycles. The van der Waals surface area contributed by atoms with Crippen molar-refractivity contribution in [2.24, 2.45) is 0 Å². The van der Waals surface area contributed by atoms with Crippen LogP contribution in [0.5, 0.6) is 0 Å². The lowest BCUT2D eigenvalue weighted by atomic mass is 10.0. The van der Waals surface area contributed by atoms with E-state index >= 15 is 0 Å². The standard InChI is InChI=1S/C26H27N3O5S/c1-18-17-28(25(30)24-6-5-15-34-24)23-16-20(19-7-10-21(11-8-19)35(2,32)33)9-12-22(23)29(18)26(31)27-13-3-4-14-27/h5-12,15-16,18H,3-4,13-14,17H2,1-2H3/t18-/m0/s1. The summed E-state index contributed by atoms with van der Waals surface area (Å²) >= 11 is 0. The van der Waals surface area contributed by atoms with Gasteiger partial charge in [-0.1, -0.05) is 18.2 Å². The fraction of sp³-hybridized carbons (Fsp3) is 0.308. The van der Waals surface area contributed by atoms with Gasteiger partial charge in [0.15, 0.2) is 15.6 Å². The van der Waals surface area contributed by atoms with Gasteiger partial charge in [-0.25, -0.2) is 13.2 Å². The molecule has 1 atom stereocenters. The number of urea groups is 1. The quantitative estimate of drug-likeness (QED) is 0.539. The summed E-state index contributed by atoms with van der Waals surface area (Å²) in [5.74, 6) is -0.0497. The number of carbonyl (C=O) groups is 2. The second-order valence-corrected chi connectivity index (χ2v) is 11.1. The third-order valence-electron chi connectivity index (χ3n) is 6.59. The smallest absolute Gasteiger partial charge is 0.324 e. The lowest BCUT2D eigenvalue weighted by Crippen LogP contribution is -2.55. The number of rotatable bonds is 3. The van der Waals surface area contributed by atoms with Crippen molar-refractivity contribution < 1.29 is 22.4 Å². The molecule has 1 aromatic heterocycles. The summed E-state index contributed by atoms with van der Waals surface area (Å²) in [5, 5.41) is 0. The number of benzene rings is 2. The Labute approximate surface area is 204 Å². The maximum atomic E-state index is 13.4. The Morgan fingerprint density at radius 1 is 0.943 bits per heavy atom. The molecule has 9 heteroatoms. The van der Waals surface area contributed by atoms with Crippen molar-refractivity contribution >= 4 is 33.2 Å². The van der Waals surface area contributed by atoms with E-state index in [0.717, 1.165) is 37.1 Å². The Hall–Kier alpha value is -3.59. The van der Waals surface area contributed by atoms with Gasteiger partial charge in [0.05, 0.1) is 28.6 Å². The molecule has 0 spiro atoms. The maximum Gasteiger partial charge on any atom is 0.324 e. The number of carbonyl (C=O) groups excluding carboxylic acids is 2. The first-order chi connectivity index (χ1) is 16.7. The number of anilines is 2. The van der Waals surface area contributed by atoms with E-state index in [1.165, 1.54) is 12.5 Å². The summed E-state index contributed by atoms with van der Waals surface area (Å²) in [4.78, 5) is 32.3. The average Bonchev–Trinajstić information content (AvgIpc) is 3.57. The molecule has 0 saturated carbocycles. The summed E-state index contributed by atoms with van der Waals surface area (Å²) in [6.45, 7) is 3.73. The largest absolute Gasteiger partial charge is 0.459 e. The topological polar surface area (TPSA) is 91.1 Å². The van der Waals surface area contributed by atoms with E-state index in [2.05, 4.69) is 0 Å². The Bertz CT molecular complexity index is 1360. The van der Waals surface area contributed by atoms with Crippen LogP contribution in [0.1, 0.15) is 30.3 Å². The summed E-state index contributed by atoms with van der Waals surface area (Å²) in [6, 6.07) is 15.3. The molecule has 1 fully saturated rings. The molecule has 3 amide bonds. The Morgan fingerprint density at radius 2 is 1.63 bits per heavy atom. The van der Waals surface area contributed by atoms with Crippen LogP contribution in [0.15, 0.2) is 70.2 Å². The lowest BCUT2D eigenvalue weighted by Gasteiger charge is -2.42. The number of fused-ring (bicyclic) bond motifs is 1. The molecule has 5 rings (SSSR count). The van der Waals surface area contributed by atoms with Crippen LogP contribution < -0.4 is 9.80 Å². The minimum atomic E-state index is -3.30. The number of hydrogen-bond donors (Lipinski definition) is 0. The summed E-state index contributed by atoms with van der Waals surface area (Å²) in [6.07, 6.45) is 4.62. The van der Waals surface area contributed by atoms with Crippen LogP contribution in [0.4, 0.5) is 16.2 Å². The average molecular weight is 494 g/mol. The van der Waals surface area contributed by atoms with Gasteiger partial charge in [0.25, 0.3) is 5.91 Å². The molecule has 0 N–H and O–H groups in total. The normalized spacial score (nSPS) is 18.0. The highest BCUT2D eigenvalue weighted by Crippen LogP contribution is 2.40. The van der Waals surface area contributed by atoms with Gasteiger partial charge in [0.1, 0.15) is 0 Å². The van der Waals surface area contributed by atoms with Crippen LogP contribution >= 0.6 is 0 Å². The Balaban J connectivity index is 1.58. The molecule has 35 heavy (non-hydrogen) atoms. The van der Waals surface area contributed by atoms with Gasteiger partial charge < -0.3 is 14.2 Å². The van der Waals surface area contributed by atoms with E-state index in [4.69, 9.17) is 4.42 Å². The van der Waals surface area contributed by atoms with Crippen molar-refractivity contribution in [3.63, 3.8) is 0 Å². The summed E-state index contributed by atoms with van der Waals surface area (Å²) in [7, 11) is -3.30. The fourth-order valence-corrected chi connectivity index (χ4v) is 5.41. The van der Waals surface area contributed by atoms with Crippen molar-refractivity contribution in [3.8, 4) is 11.1 Å². The number of hydrogen-bond acceptors (Lipinski definition) is 5. The maximum absolute atomic E-state index is 13.4. The highest BCUT2D eigenvalue weighted by atomic mass is 32.2. The molecule has 2 aliphatic heterocycles. The van der Waals surface area contributed by atoms with Crippen LogP contribution in [0, 0.1) is 0 Å². The van der Waals surface area contributed by atoms with Crippen LogP contribution in [-0.4, -0.2) is 57.2 Å². The molecule has 1 saturated heterocycles. The first kappa shape index (κ1) is 23.2. The number of sulfone groups is 1. The van der Waals surface area contributed by atoms with Crippen LogP contribution in [-0.2, 0) is 9.84 Å². The number of furan rings is 1. The van der Waals surface area contributed by atoms with Crippen molar-refractivity contribution in [1.82, 2.24) is 4.90 Å². The summed E-state index contributed by atoms with van der Waals surface area (Å²) in [5.41, 5.74) is 2.89. The molecule has 0 radical (unpaired) electrons. The molecular weight excluding hydrogens is 466 g/mol.